The molecule has 4 aromatic rings. The molecule has 5 rings (SSSR count). The highest BCUT2D eigenvalue weighted by Gasteiger charge is 2.29. The minimum atomic E-state index is -0.612. The first-order valence-electron chi connectivity index (χ1n) is 14.7. The van der Waals surface area contributed by atoms with E-state index in [4.69, 9.17) is 14.2 Å². The maximum atomic E-state index is 13.5. The van der Waals surface area contributed by atoms with Gasteiger partial charge in [-0.05, 0) is 69.4 Å². The average Bonchev–Trinajstić information content (AvgIpc) is 3.63. The number of amides is 2. The zero-order chi connectivity index (χ0) is 31.8. The molecular weight excluding hydrogens is 615 g/mol. The van der Waals surface area contributed by atoms with Crippen LogP contribution in [0.4, 0.5) is 5.00 Å². The van der Waals surface area contributed by atoms with E-state index in [2.05, 4.69) is 20.8 Å². The number of ether oxygens (including phenoxy) is 3. The lowest BCUT2D eigenvalue weighted by atomic mass is 9.95. The quantitative estimate of drug-likeness (QED) is 0.148. The predicted octanol–water partition coefficient (Wildman–Crippen LogP) is 5.21. The van der Waals surface area contributed by atoms with Gasteiger partial charge in [-0.3, -0.25) is 14.2 Å². The van der Waals surface area contributed by atoms with Crippen molar-refractivity contribution >= 4 is 45.9 Å². The maximum Gasteiger partial charge on any atom is 0.341 e. The molecule has 0 saturated heterocycles. The number of thioether (sulfide) groups is 1. The Labute approximate surface area is 269 Å². The van der Waals surface area contributed by atoms with E-state index >= 15 is 0 Å². The van der Waals surface area contributed by atoms with Gasteiger partial charge < -0.3 is 24.8 Å². The molecule has 2 amide bonds. The molecule has 0 spiro atoms. The van der Waals surface area contributed by atoms with Crippen LogP contribution in [0, 0.1) is 0 Å². The number of hydrogen-bond donors (Lipinski definition) is 2. The summed E-state index contributed by atoms with van der Waals surface area (Å²) >= 11 is 2.65. The second kappa shape index (κ2) is 15.1. The van der Waals surface area contributed by atoms with Crippen LogP contribution in [-0.4, -0.2) is 58.1 Å². The number of benzene rings is 2. The number of carbonyl (C=O) groups is 3. The van der Waals surface area contributed by atoms with Gasteiger partial charge in [-0.2, -0.15) is 0 Å². The topological polar surface area (TPSA) is 134 Å². The molecule has 1 aliphatic rings. The Bertz CT molecular complexity index is 1650. The lowest BCUT2D eigenvalue weighted by Gasteiger charge is -2.16. The van der Waals surface area contributed by atoms with Crippen LogP contribution >= 0.6 is 23.1 Å². The van der Waals surface area contributed by atoms with Gasteiger partial charge in [0, 0.05) is 4.88 Å². The number of nitrogens with one attached hydrogen (secondary N) is 2. The van der Waals surface area contributed by atoms with Crippen LogP contribution in [0.5, 0.6) is 11.5 Å². The number of hydrogen-bond acceptors (Lipinski definition) is 10. The van der Waals surface area contributed by atoms with Crippen molar-refractivity contribution in [2.75, 3.05) is 25.6 Å². The van der Waals surface area contributed by atoms with Crippen molar-refractivity contribution in [1.29, 1.82) is 0 Å². The number of nitrogens with zero attached hydrogens (tertiary/aromatic N) is 3. The standard InChI is InChI=1S/C32H35N5O6S2/c1-4-42-31(40)28-22-14-8-11-17-25(22)45-30(28)34-29(39)20(2)44-32-36-35-26(37(32)23-15-9-10-16-24(23)41-3)18-33-27(38)19-43-21-12-6-5-7-13-21/h5-7,9-10,12-13,15-16,20H,4,8,11,14,17-19H2,1-3H3,(H,33,38)(H,34,39)/t20-/m0/s1. The summed E-state index contributed by atoms with van der Waals surface area (Å²) in [7, 11) is 1.57. The number of rotatable bonds is 13. The Morgan fingerprint density at radius 2 is 1.80 bits per heavy atom. The first-order valence-corrected chi connectivity index (χ1v) is 16.4. The highest BCUT2D eigenvalue weighted by atomic mass is 32.2. The van der Waals surface area contributed by atoms with E-state index in [1.54, 1.807) is 37.7 Å². The number of carbonyl (C=O) groups excluding carboxylic acids is 3. The van der Waals surface area contributed by atoms with Crippen molar-refractivity contribution in [3.8, 4) is 17.2 Å². The largest absolute Gasteiger partial charge is 0.495 e. The summed E-state index contributed by atoms with van der Waals surface area (Å²) in [6.45, 7) is 3.69. The van der Waals surface area contributed by atoms with Crippen molar-refractivity contribution in [3.63, 3.8) is 0 Å². The van der Waals surface area contributed by atoms with Crippen LogP contribution in [0.25, 0.3) is 5.69 Å². The number of aryl methyl sites for hydroxylation is 1. The first kappa shape index (κ1) is 32.0. The summed E-state index contributed by atoms with van der Waals surface area (Å²) in [5.41, 5.74) is 2.10. The van der Waals surface area contributed by atoms with Crippen LogP contribution in [0.1, 0.15) is 53.3 Å². The molecule has 0 unspecified atom stereocenters. The molecule has 45 heavy (non-hydrogen) atoms. The molecule has 1 atom stereocenters. The summed E-state index contributed by atoms with van der Waals surface area (Å²) in [5, 5.41) is 14.9. The van der Waals surface area contributed by atoms with E-state index in [9.17, 15) is 14.4 Å². The highest BCUT2D eigenvalue weighted by molar-refractivity contribution is 8.00. The third-order valence-corrected chi connectivity index (χ3v) is 9.37. The first-order chi connectivity index (χ1) is 21.9. The second-order valence-electron chi connectivity index (χ2n) is 10.2. The molecule has 0 bridgehead atoms. The normalized spacial score (nSPS) is 13.0. The van der Waals surface area contributed by atoms with Crippen LogP contribution in [0.15, 0.2) is 59.8 Å². The van der Waals surface area contributed by atoms with Crippen molar-refractivity contribution in [2.24, 2.45) is 0 Å². The summed E-state index contributed by atoms with van der Waals surface area (Å²) in [6.07, 6.45) is 3.72. The smallest absolute Gasteiger partial charge is 0.341 e. The Balaban J connectivity index is 1.34. The Hall–Kier alpha value is -4.36. The molecule has 0 aliphatic heterocycles. The van der Waals surface area contributed by atoms with Gasteiger partial charge in [-0.15, -0.1) is 21.5 Å². The lowest BCUT2D eigenvalue weighted by Crippen LogP contribution is -2.29. The zero-order valence-corrected chi connectivity index (χ0v) is 27.0. The maximum absolute atomic E-state index is 13.5. The predicted molar refractivity (Wildman–Crippen MR) is 173 cm³/mol. The number of methoxy groups -OCH3 is 1. The lowest BCUT2D eigenvalue weighted by molar-refractivity contribution is -0.123. The van der Waals surface area contributed by atoms with Gasteiger partial charge >= 0.3 is 5.97 Å². The molecule has 2 aromatic carbocycles. The molecular formula is C32H35N5O6S2. The van der Waals surface area contributed by atoms with Crippen molar-refractivity contribution in [1.82, 2.24) is 20.1 Å². The fourth-order valence-corrected chi connectivity index (χ4v) is 7.10. The summed E-state index contributed by atoms with van der Waals surface area (Å²) in [5.74, 6) is 0.577. The Kier molecular flexibility index (Phi) is 10.7. The van der Waals surface area contributed by atoms with Gasteiger partial charge in [-0.1, -0.05) is 42.1 Å². The van der Waals surface area contributed by atoms with Crippen LogP contribution < -0.4 is 20.1 Å². The van der Waals surface area contributed by atoms with Gasteiger partial charge in [0.25, 0.3) is 5.91 Å². The number of esters is 1. The number of para-hydroxylation sites is 3. The molecule has 0 radical (unpaired) electrons. The number of anilines is 1. The van der Waals surface area contributed by atoms with Gasteiger partial charge in [0.05, 0.1) is 36.8 Å². The van der Waals surface area contributed by atoms with Gasteiger partial charge in [0.15, 0.2) is 17.6 Å². The van der Waals surface area contributed by atoms with Gasteiger partial charge in [-0.25, -0.2) is 4.79 Å². The second-order valence-corrected chi connectivity index (χ2v) is 12.6. The molecule has 0 fully saturated rings. The Morgan fingerprint density at radius 1 is 1.04 bits per heavy atom. The summed E-state index contributed by atoms with van der Waals surface area (Å²) in [6, 6.07) is 16.4. The molecule has 1 aliphatic carbocycles. The molecule has 236 valence electrons. The minimum Gasteiger partial charge on any atom is -0.495 e. The van der Waals surface area contributed by atoms with Gasteiger partial charge in [0.2, 0.25) is 5.91 Å². The van der Waals surface area contributed by atoms with E-state index < -0.39 is 11.2 Å². The SMILES string of the molecule is CCOC(=O)c1c(NC(=O)[C@H](C)Sc2nnc(CNC(=O)COc3ccccc3)n2-c2ccccc2OC)sc2c1CCCC2. The van der Waals surface area contributed by atoms with Crippen molar-refractivity contribution < 1.29 is 28.6 Å². The molecule has 0 saturated carbocycles. The van der Waals surface area contributed by atoms with Gasteiger partial charge in [0.1, 0.15) is 16.5 Å². The van der Waals surface area contributed by atoms with Crippen LogP contribution in [0.2, 0.25) is 0 Å². The van der Waals surface area contributed by atoms with E-state index in [0.717, 1.165) is 36.1 Å². The van der Waals surface area contributed by atoms with Crippen molar-refractivity contribution in [2.45, 2.75) is 56.5 Å². The molecule has 2 heterocycles. The van der Waals surface area contributed by atoms with Crippen LogP contribution in [-0.2, 0) is 33.7 Å². The highest BCUT2D eigenvalue weighted by Crippen LogP contribution is 2.39. The number of fused-ring (bicyclic) bond motifs is 1. The van der Waals surface area contributed by atoms with Crippen LogP contribution in [0.3, 0.4) is 0 Å². The third-order valence-electron chi connectivity index (χ3n) is 7.12. The monoisotopic (exact) mass is 649 g/mol. The molecule has 11 nitrogen and oxygen atoms in total. The molecule has 2 aromatic heterocycles. The van der Waals surface area contributed by atoms with E-state index in [1.807, 2.05) is 42.5 Å². The summed E-state index contributed by atoms with van der Waals surface area (Å²) < 4.78 is 18.3. The zero-order valence-electron chi connectivity index (χ0n) is 25.3. The van der Waals surface area contributed by atoms with Crippen molar-refractivity contribution in [3.05, 3.63) is 76.4 Å². The number of aromatic nitrogens is 3. The Morgan fingerprint density at radius 3 is 2.58 bits per heavy atom. The number of thiophene rings is 1. The fraction of sp³-hybridized carbons (Fsp3) is 0.344. The van der Waals surface area contributed by atoms with E-state index in [-0.39, 0.29) is 31.6 Å². The molecule has 2 N–H and O–H groups in total. The fourth-order valence-electron chi connectivity index (χ4n) is 4.94. The van der Waals surface area contributed by atoms with E-state index in [1.165, 1.54) is 23.1 Å². The summed E-state index contributed by atoms with van der Waals surface area (Å²) in [4.78, 5) is 40.1. The third kappa shape index (κ3) is 7.66. The minimum absolute atomic E-state index is 0.0623. The van der Waals surface area contributed by atoms with E-state index in [0.29, 0.717) is 38.7 Å². The molecule has 13 heteroatoms. The average molecular weight is 650 g/mol.